The number of rotatable bonds is 16. The van der Waals surface area contributed by atoms with Crippen LogP contribution in [0.1, 0.15) is 55.2 Å². The molecule has 61 heavy (non-hydrogen) atoms. The summed E-state index contributed by atoms with van der Waals surface area (Å²) < 4.78 is 49.8. The first kappa shape index (κ1) is 44.0. The van der Waals surface area contributed by atoms with E-state index >= 15 is 0 Å². The zero-order valence-corrected chi connectivity index (χ0v) is 37.1. The smallest absolute Gasteiger partial charge is 0.234 e. The van der Waals surface area contributed by atoms with Gasteiger partial charge >= 0.3 is 0 Å². The van der Waals surface area contributed by atoms with Crippen molar-refractivity contribution >= 4 is 80.1 Å². The Morgan fingerprint density at radius 2 is 1.72 bits per heavy atom. The number of ether oxygens (including phenoxy) is 1. The average molecular weight is 920 g/mol. The Morgan fingerprint density at radius 3 is 2.46 bits per heavy atom. The van der Waals surface area contributed by atoms with E-state index in [1.54, 1.807) is 39.0 Å². The summed E-state index contributed by atoms with van der Waals surface area (Å²) in [5.41, 5.74) is 5.09. The molecule has 3 aromatic carbocycles. The van der Waals surface area contributed by atoms with Crippen molar-refractivity contribution in [3.8, 4) is 5.75 Å². The lowest BCUT2D eigenvalue weighted by molar-refractivity contribution is -0.134. The molecule has 0 aliphatic carbocycles. The van der Waals surface area contributed by atoms with Gasteiger partial charge in [-0.3, -0.25) is 24.9 Å². The molecule has 0 bridgehead atoms. The predicted molar refractivity (Wildman–Crippen MR) is 239 cm³/mol. The Morgan fingerprint density at radius 1 is 0.934 bits per heavy atom. The van der Waals surface area contributed by atoms with Crippen molar-refractivity contribution in [1.29, 1.82) is 0 Å². The lowest BCUT2D eigenvalue weighted by Crippen LogP contribution is -2.44. The highest BCUT2D eigenvalue weighted by Crippen LogP contribution is 2.42. The van der Waals surface area contributed by atoms with Crippen LogP contribution >= 0.6 is 23.1 Å². The first-order valence-corrected chi connectivity index (χ1v) is 23.8. The number of benzene rings is 3. The normalized spacial score (nSPS) is 16.2. The average Bonchev–Trinajstić information content (AvgIpc) is 3.24. The number of imide groups is 1. The minimum Gasteiger partial charge on any atom is -0.494 e. The molecule has 4 heterocycles. The highest BCUT2D eigenvalue weighted by atomic mass is 79.9. The number of carbonyl (C=O) groups excluding carboxylic acids is 2. The van der Waals surface area contributed by atoms with Gasteiger partial charge in [0.1, 0.15) is 35.9 Å². The fourth-order valence-corrected chi connectivity index (χ4v) is 9.66. The number of methoxy groups -OCH3 is 1. The van der Waals surface area contributed by atoms with E-state index in [4.69, 9.17) is 9.72 Å². The fraction of sp³-hybridized carbons (Fsp3) is 0.395. The topological polar surface area (TPSA) is 175 Å². The van der Waals surface area contributed by atoms with Crippen LogP contribution in [0.3, 0.4) is 0 Å². The van der Waals surface area contributed by atoms with Crippen LogP contribution in [0.15, 0.2) is 59.5 Å². The summed E-state index contributed by atoms with van der Waals surface area (Å²) >= 11 is 3.57. The van der Waals surface area contributed by atoms with Crippen molar-refractivity contribution in [3.05, 3.63) is 87.8 Å². The quantitative estimate of drug-likeness (QED) is 0.0403. The minimum absolute atomic E-state index is 0.0129. The van der Waals surface area contributed by atoms with Crippen molar-refractivity contribution in [2.75, 3.05) is 68.7 Å². The number of aryl methyl sites for hydroxylation is 1. The predicted octanol–water partition coefficient (Wildman–Crippen LogP) is 6.68. The third-order valence-electron chi connectivity index (χ3n) is 11.1. The van der Waals surface area contributed by atoms with Gasteiger partial charge < -0.3 is 35.5 Å². The first-order chi connectivity index (χ1) is 29.3. The van der Waals surface area contributed by atoms with Gasteiger partial charge in [0.15, 0.2) is 0 Å². The van der Waals surface area contributed by atoms with Gasteiger partial charge in [-0.1, -0.05) is 6.92 Å². The second-order valence-electron chi connectivity index (χ2n) is 15.6. The van der Waals surface area contributed by atoms with E-state index in [1.165, 1.54) is 0 Å². The third kappa shape index (κ3) is 10.3. The van der Waals surface area contributed by atoms with Crippen LogP contribution in [0.25, 0.3) is 11.0 Å². The number of amides is 2. The summed E-state index contributed by atoms with van der Waals surface area (Å²) in [5.74, 6) is -1.57. The largest absolute Gasteiger partial charge is 0.494 e. The number of nitrogens with zero attached hydrogens (tertiary/aromatic N) is 5. The number of hydrogen-bond acceptors (Lipinski definition) is 13. The molecule has 0 saturated carbocycles. The number of nitrogens with one attached hydrogen (secondary N) is 5. The molecule has 2 fully saturated rings. The van der Waals surface area contributed by atoms with Gasteiger partial charge in [0.05, 0.1) is 39.7 Å². The van der Waals surface area contributed by atoms with Gasteiger partial charge in [0.2, 0.25) is 17.8 Å². The molecule has 18 heteroatoms. The molecule has 7 rings (SSSR count). The van der Waals surface area contributed by atoms with Gasteiger partial charge in [0.25, 0.3) is 0 Å². The Kier molecular flexibility index (Phi) is 13.9. The van der Waals surface area contributed by atoms with Crippen molar-refractivity contribution in [2.45, 2.75) is 57.4 Å². The Bertz CT molecular complexity index is 2480. The van der Waals surface area contributed by atoms with Crippen LogP contribution in [0.4, 0.5) is 37.6 Å². The zero-order chi connectivity index (χ0) is 43.3. The van der Waals surface area contributed by atoms with Crippen molar-refractivity contribution in [3.63, 3.8) is 0 Å². The Hall–Kier alpha value is -5.09. The van der Waals surface area contributed by atoms with Gasteiger partial charge in [-0.25, -0.2) is 13.8 Å². The first-order valence-electron chi connectivity index (χ1n) is 20.4. The van der Waals surface area contributed by atoms with Crippen LogP contribution in [-0.2, 0) is 27.0 Å². The summed E-state index contributed by atoms with van der Waals surface area (Å²) in [6, 6.07) is 10.4. The highest BCUT2D eigenvalue weighted by Gasteiger charge is 2.31. The standard InChI is InChI=1S/C43H50BrF2N10O4P/c1-5-25-21-35(53-43-51-24-30(44)41(55-43)52-34-8-7-33-39(50-17-16-49-33)40(34)61(3,4)59)37(60-2)23-36(25)56-18-11-27(12-19-56)48-15-14-47-13-10-26-20-32(46)29(22-31(26)45)28-6-9-38(57)54-42(28)58/h7-8,16-17,20-24,27-28,47-48H,5-6,9-15,18-19H2,1-4H3,(H,54,57,58)(H2,51,52,53,55). The summed E-state index contributed by atoms with van der Waals surface area (Å²) in [6.07, 6.45) is 8.13. The van der Waals surface area contributed by atoms with E-state index < -0.39 is 36.5 Å². The number of carbonyl (C=O) groups is 2. The van der Waals surface area contributed by atoms with Crippen molar-refractivity contribution in [2.24, 2.45) is 0 Å². The Labute approximate surface area is 362 Å². The Balaban J connectivity index is 0.917. The minimum atomic E-state index is -2.79. The number of anilines is 5. The number of aromatic nitrogens is 4. The molecule has 2 aliphatic rings. The molecule has 2 saturated heterocycles. The second-order valence-corrected chi connectivity index (χ2v) is 19.6. The van der Waals surface area contributed by atoms with Crippen LogP contribution in [-0.4, -0.2) is 91.0 Å². The monoisotopic (exact) mass is 918 g/mol. The molecule has 5 N–H and O–H groups in total. The maximum Gasteiger partial charge on any atom is 0.234 e. The maximum absolute atomic E-state index is 14.9. The number of halogens is 3. The van der Waals surface area contributed by atoms with Gasteiger partial charge in [-0.05, 0) is 109 Å². The molecule has 2 aromatic heterocycles. The molecule has 5 aromatic rings. The molecular weight excluding hydrogens is 869 g/mol. The van der Waals surface area contributed by atoms with Crippen LogP contribution < -0.4 is 41.5 Å². The number of piperidine rings is 2. The lowest BCUT2D eigenvalue weighted by Gasteiger charge is -2.35. The van der Waals surface area contributed by atoms with E-state index in [1.807, 2.05) is 12.1 Å². The second kappa shape index (κ2) is 19.3. The lowest BCUT2D eigenvalue weighted by atomic mass is 9.89. The molecular formula is C43H50BrF2N10O4P. The molecule has 2 amide bonds. The zero-order valence-electron chi connectivity index (χ0n) is 34.6. The molecule has 2 aliphatic heterocycles. The van der Waals surface area contributed by atoms with Crippen LogP contribution in [0, 0.1) is 11.6 Å². The van der Waals surface area contributed by atoms with Crippen molar-refractivity contribution < 1.29 is 27.7 Å². The van der Waals surface area contributed by atoms with E-state index in [9.17, 15) is 22.9 Å². The van der Waals surface area contributed by atoms with Crippen LogP contribution in [0.2, 0.25) is 0 Å². The summed E-state index contributed by atoms with van der Waals surface area (Å²) in [5, 5.41) is 16.4. The van der Waals surface area contributed by atoms with Gasteiger partial charge in [-0.2, -0.15) is 4.98 Å². The van der Waals surface area contributed by atoms with E-state index in [0.717, 1.165) is 68.0 Å². The molecule has 1 atom stereocenters. The fourth-order valence-electron chi connectivity index (χ4n) is 7.98. The van der Waals surface area contributed by atoms with E-state index in [2.05, 4.69) is 81.4 Å². The van der Waals surface area contributed by atoms with Crippen LogP contribution in [0.5, 0.6) is 5.75 Å². The molecule has 14 nitrogen and oxygen atoms in total. The summed E-state index contributed by atoms with van der Waals surface area (Å²) in [6.45, 7) is 9.15. The molecule has 1 unspecified atom stereocenters. The number of hydrogen-bond donors (Lipinski definition) is 5. The van der Waals surface area contributed by atoms with Gasteiger partial charge in [-0.15, -0.1) is 0 Å². The summed E-state index contributed by atoms with van der Waals surface area (Å²) in [7, 11) is -1.14. The van der Waals surface area contributed by atoms with E-state index in [-0.39, 0.29) is 24.0 Å². The van der Waals surface area contributed by atoms with E-state index in [0.29, 0.717) is 69.6 Å². The summed E-state index contributed by atoms with van der Waals surface area (Å²) in [4.78, 5) is 44.2. The number of fused-ring (bicyclic) bond motifs is 1. The van der Waals surface area contributed by atoms with Crippen molar-refractivity contribution in [1.82, 2.24) is 35.9 Å². The third-order valence-corrected chi connectivity index (χ3v) is 13.2. The molecule has 0 spiro atoms. The SMILES string of the molecule is CCc1cc(Nc2ncc(Br)c(Nc3ccc4nccnc4c3P(C)(C)=O)n2)c(OC)cc1N1CCC(NCCNCCc2cc(F)c(C3CCC(=O)NC3=O)cc2F)CC1. The van der Waals surface area contributed by atoms with Gasteiger partial charge in [0, 0.05) is 74.5 Å². The molecule has 0 radical (unpaired) electrons. The highest BCUT2D eigenvalue weighted by molar-refractivity contribution is 9.10. The molecule has 322 valence electrons. The maximum atomic E-state index is 14.9.